The van der Waals surface area contributed by atoms with Crippen molar-refractivity contribution >= 4 is 5.97 Å². The molecule has 1 rings (SSSR count). The molecule has 0 aliphatic heterocycles. The zero-order chi connectivity index (χ0) is 13.7. The number of aliphatic carboxylic acids is 1. The molecule has 4 nitrogen and oxygen atoms in total. The van der Waals surface area contributed by atoms with E-state index in [1.807, 2.05) is 6.07 Å². The quantitative estimate of drug-likeness (QED) is 0.876. The highest BCUT2D eigenvalue weighted by Crippen LogP contribution is 2.27. The van der Waals surface area contributed by atoms with Gasteiger partial charge >= 0.3 is 12.6 Å². The van der Waals surface area contributed by atoms with Gasteiger partial charge in [0, 0.05) is 5.56 Å². The van der Waals surface area contributed by atoms with Gasteiger partial charge in [-0.2, -0.15) is 14.0 Å². The molecule has 0 aliphatic carbocycles. The summed E-state index contributed by atoms with van der Waals surface area (Å²) in [7, 11) is 0. The maximum atomic E-state index is 12.2. The molecule has 0 atom stereocenters. The largest absolute Gasteiger partial charge is 0.481 e. The fourth-order valence-corrected chi connectivity index (χ4v) is 1.64. The number of carboxylic acids is 1. The standard InChI is InChI=1S/C12H11F2NO3/c1-2-7-3-4-10(18-12(13)14)8(5-11(16)17)9(7)6-15/h3-4,12H,2,5H2,1H3,(H,16,17). The first-order chi connectivity index (χ1) is 8.49. The highest BCUT2D eigenvalue weighted by Gasteiger charge is 2.18. The van der Waals surface area contributed by atoms with E-state index in [1.165, 1.54) is 12.1 Å². The van der Waals surface area contributed by atoms with Crippen LogP contribution in [0.2, 0.25) is 0 Å². The first-order valence-corrected chi connectivity index (χ1v) is 5.21. The van der Waals surface area contributed by atoms with Gasteiger partial charge in [-0.05, 0) is 18.1 Å². The SMILES string of the molecule is CCc1ccc(OC(F)F)c(CC(=O)O)c1C#N. The van der Waals surface area contributed by atoms with Crippen LogP contribution < -0.4 is 4.74 Å². The molecule has 6 heteroatoms. The number of rotatable bonds is 5. The summed E-state index contributed by atoms with van der Waals surface area (Å²) in [6, 6.07) is 4.60. The minimum atomic E-state index is -3.06. The zero-order valence-corrected chi connectivity index (χ0v) is 9.61. The normalized spacial score (nSPS) is 10.2. The molecule has 0 spiro atoms. The van der Waals surface area contributed by atoms with Crippen molar-refractivity contribution in [3.8, 4) is 11.8 Å². The van der Waals surface area contributed by atoms with Crippen LogP contribution in [0.3, 0.4) is 0 Å². The van der Waals surface area contributed by atoms with E-state index in [-0.39, 0.29) is 16.9 Å². The van der Waals surface area contributed by atoms with Crippen molar-refractivity contribution in [3.05, 3.63) is 28.8 Å². The molecule has 0 unspecified atom stereocenters. The summed E-state index contributed by atoms with van der Waals surface area (Å²) in [5, 5.41) is 17.8. The summed E-state index contributed by atoms with van der Waals surface area (Å²) in [6.45, 7) is -1.27. The number of benzene rings is 1. The van der Waals surface area contributed by atoms with Crippen molar-refractivity contribution in [1.29, 1.82) is 5.26 Å². The molecule has 0 radical (unpaired) electrons. The predicted octanol–water partition coefficient (Wildman–Crippen LogP) is 2.35. The minimum Gasteiger partial charge on any atom is -0.481 e. The van der Waals surface area contributed by atoms with E-state index in [9.17, 15) is 13.6 Å². The fourth-order valence-electron chi connectivity index (χ4n) is 1.64. The third-order valence-corrected chi connectivity index (χ3v) is 2.39. The average molecular weight is 255 g/mol. The Morgan fingerprint density at radius 1 is 1.56 bits per heavy atom. The van der Waals surface area contributed by atoms with Gasteiger partial charge in [0.25, 0.3) is 0 Å². The van der Waals surface area contributed by atoms with Crippen LogP contribution in [-0.2, 0) is 17.6 Å². The van der Waals surface area contributed by atoms with E-state index in [0.29, 0.717) is 12.0 Å². The second-order valence-electron chi connectivity index (χ2n) is 3.49. The second-order valence-corrected chi connectivity index (χ2v) is 3.49. The van der Waals surface area contributed by atoms with Gasteiger partial charge in [0.2, 0.25) is 0 Å². The van der Waals surface area contributed by atoms with Crippen molar-refractivity contribution in [2.75, 3.05) is 0 Å². The van der Waals surface area contributed by atoms with Crippen LogP contribution in [0.4, 0.5) is 8.78 Å². The summed E-state index contributed by atoms with van der Waals surface area (Å²) in [4.78, 5) is 10.7. The van der Waals surface area contributed by atoms with Gasteiger partial charge in [0.05, 0.1) is 18.1 Å². The molecular formula is C12H11F2NO3. The van der Waals surface area contributed by atoms with E-state index in [2.05, 4.69) is 4.74 Å². The van der Waals surface area contributed by atoms with E-state index in [4.69, 9.17) is 10.4 Å². The number of alkyl halides is 2. The lowest BCUT2D eigenvalue weighted by atomic mass is 9.97. The number of nitrogens with zero attached hydrogens (tertiary/aromatic N) is 1. The molecule has 96 valence electrons. The number of hydrogen-bond donors (Lipinski definition) is 1. The monoisotopic (exact) mass is 255 g/mol. The Balaban J connectivity index is 3.34. The molecule has 1 N–H and O–H groups in total. The summed E-state index contributed by atoms with van der Waals surface area (Å²) in [6.07, 6.45) is -0.0245. The Morgan fingerprint density at radius 2 is 2.22 bits per heavy atom. The van der Waals surface area contributed by atoms with Crippen LogP contribution in [0.25, 0.3) is 0 Å². The van der Waals surface area contributed by atoms with Gasteiger partial charge in [-0.3, -0.25) is 4.79 Å². The van der Waals surface area contributed by atoms with Crippen LogP contribution in [0.5, 0.6) is 5.75 Å². The van der Waals surface area contributed by atoms with Crippen molar-refractivity contribution in [2.24, 2.45) is 0 Å². The van der Waals surface area contributed by atoms with Gasteiger partial charge in [-0.25, -0.2) is 0 Å². The molecule has 0 saturated heterocycles. The smallest absolute Gasteiger partial charge is 0.387 e. The molecule has 18 heavy (non-hydrogen) atoms. The number of nitriles is 1. The van der Waals surface area contributed by atoms with Crippen LogP contribution >= 0.6 is 0 Å². The Labute approximate surface area is 102 Å². The van der Waals surface area contributed by atoms with Crippen LogP contribution in [-0.4, -0.2) is 17.7 Å². The number of carboxylic acid groups (broad SMARTS) is 1. The predicted molar refractivity (Wildman–Crippen MR) is 58.5 cm³/mol. The van der Waals surface area contributed by atoms with Crippen LogP contribution in [0.15, 0.2) is 12.1 Å². The van der Waals surface area contributed by atoms with Gasteiger partial charge in [-0.15, -0.1) is 0 Å². The van der Waals surface area contributed by atoms with Crippen molar-refractivity contribution in [1.82, 2.24) is 0 Å². The third-order valence-electron chi connectivity index (χ3n) is 2.39. The molecule has 0 bridgehead atoms. The number of hydrogen-bond acceptors (Lipinski definition) is 3. The van der Waals surface area contributed by atoms with E-state index in [0.717, 1.165) is 0 Å². The number of aryl methyl sites for hydroxylation is 1. The Kier molecular flexibility index (Phi) is 4.60. The van der Waals surface area contributed by atoms with Crippen molar-refractivity contribution in [2.45, 2.75) is 26.4 Å². The summed E-state index contributed by atoms with van der Waals surface area (Å²) >= 11 is 0. The molecule has 0 heterocycles. The van der Waals surface area contributed by atoms with Crippen LogP contribution in [0, 0.1) is 11.3 Å². The lowest BCUT2D eigenvalue weighted by Gasteiger charge is -2.13. The Bertz CT molecular complexity index is 495. The van der Waals surface area contributed by atoms with E-state index in [1.54, 1.807) is 6.92 Å². The molecule has 1 aromatic carbocycles. The molecule has 0 fully saturated rings. The van der Waals surface area contributed by atoms with Gasteiger partial charge in [0.15, 0.2) is 0 Å². The topological polar surface area (TPSA) is 70.3 Å². The van der Waals surface area contributed by atoms with Gasteiger partial charge in [-0.1, -0.05) is 13.0 Å². The Morgan fingerprint density at radius 3 is 2.67 bits per heavy atom. The van der Waals surface area contributed by atoms with Crippen molar-refractivity contribution < 1.29 is 23.4 Å². The van der Waals surface area contributed by atoms with Gasteiger partial charge in [0.1, 0.15) is 5.75 Å². The lowest BCUT2D eigenvalue weighted by Crippen LogP contribution is -2.10. The first-order valence-electron chi connectivity index (χ1n) is 5.21. The summed E-state index contributed by atoms with van der Waals surface area (Å²) in [5.74, 6) is -1.47. The zero-order valence-electron chi connectivity index (χ0n) is 9.61. The summed E-state index contributed by atoms with van der Waals surface area (Å²) in [5.41, 5.74) is 0.693. The minimum absolute atomic E-state index is 0.00958. The molecule has 0 aromatic heterocycles. The second kappa shape index (κ2) is 5.96. The highest BCUT2D eigenvalue weighted by atomic mass is 19.3. The van der Waals surface area contributed by atoms with Crippen LogP contribution in [0.1, 0.15) is 23.6 Å². The maximum Gasteiger partial charge on any atom is 0.387 e. The van der Waals surface area contributed by atoms with Gasteiger partial charge < -0.3 is 9.84 Å². The maximum absolute atomic E-state index is 12.2. The summed E-state index contributed by atoms with van der Waals surface area (Å²) < 4.78 is 28.6. The highest BCUT2D eigenvalue weighted by molar-refractivity contribution is 5.73. The van der Waals surface area contributed by atoms with Crippen molar-refractivity contribution in [3.63, 3.8) is 0 Å². The fraction of sp³-hybridized carbons (Fsp3) is 0.333. The molecule has 1 aromatic rings. The Hall–Kier alpha value is -2.16. The van der Waals surface area contributed by atoms with E-state index < -0.39 is 19.0 Å². The van der Waals surface area contributed by atoms with E-state index >= 15 is 0 Å². The number of ether oxygens (including phenoxy) is 1. The third kappa shape index (κ3) is 3.17. The lowest BCUT2D eigenvalue weighted by molar-refractivity contribution is -0.136. The first kappa shape index (κ1) is 13.9. The number of halogens is 2. The average Bonchev–Trinajstić information content (AvgIpc) is 2.29. The molecule has 0 amide bonds. The molecule has 0 saturated carbocycles. The molecular weight excluding hydrogens is 244 g/mol. The number of carbonyl (C=O) groups is 1. The molecule has 0 aliphatic rings.